The maximum atomic E-state index is 11.8. The SMILES string of the molecule is CCS(=O)(=O)N1CCC(COc2ccccc2C)CC1. The van der Waals surface area contributed by atoms with Crippen molar-refractivity contribution in [3.8, 4) is 5.75 Å². The molecule has 0 N–H and O–H groups in total. The van der Waals surface area contributed by atoms with Crippen molar-refractivity contribution in [3.05, 3.63) is 29.8 Å². The predicted octanol–water partition coefficient (Wildman–Crippen LogP) is 2.44. The van der Waals surface area contributed by atoms with Gasteiger partial charge in [0.05, 0.1) is 12.4 Å². The Hall–Kier alpha value is -1.07. The fourth-order valence-corrected chi connectivity index (χ4v) is 3.59. The molecule has 0 bridgehead atoms. The highest BCUT2D eigenvalue weighted by molar-refractivity contribution is 7.89. The van der Waals surface area contributed by atoms with E-state index in [4.69, 9.17) is 4.74 Å². The Morgan fingerprint density at radius 1 is 1.25 bits per heavy atom. The van der Waals surface area contributed by atoms with Gasteiger partial charge in [-0.1, -0.05) is 18.2 Å². The molecular formula is C15H23NO3S. The fraction of sp³-hybridized carbons (Fsp3) is 0.600. The number of nitrogens with zero attached hydrogens (tertiary/aromatic N) is 1. The van der Waals surface area contributed by atoms with E-state index < -0.39 is 10.0 Å². The summed E-state index contributed by atoms with van der Waals surface area (Å²) in [6, 6.07) is 7.98. The van der Waals surface area contributed by atoms with Crippen LogP contribution in [0.15, 0.2) is 24.3 Å². The van der Waals surface area contributed by atoms with Crippen molar-refractivity contribution in [1.82, 2.24) is 4.31 Å². The summed E-state index contributed by atoms with van der Waals surface area (Å²) in [6.45, 7) is 5.65. The number of aryl methyl sites for hydroxylation is 1. The summed E-state index contributed by atoms with van der Waals surface area (Å²) in [5.74, 6) is 1.56. The summed E-state index contributed by atoms with van der Waals surface area (Å²) in [4.78, 5) is 0. The Morgan fingerprint density at radius 3 is 2.50 bits per heavy atom. The van der Waals surface area contributed by atoms with Gasteiger partial charge in [0, 0.05) is 13.1 Å². The average Bonchev–Trinajstić information content (AvgIpc) is 2.47. The van der Waals surface area contributed by atoms with Crippen LogP contribution in [0.4, 0.5) is 0 Å². The summed E-state index contributed by atoms with van der Waals surface area (Å²) in [5, 5.41) is 0. The van der Waals surface area contributed by atoms with Gasteiger partial charge in [-0.05, 0) is 44.2 Å². The minimum Gasteiger partial charge on any atom is -0.493 e. The van der Waals surface area contributed by atoms with Gasteiger partial charge in [-0.15, -0.1) is 0 Å². The monoisotopic (exact) mass is 297 g/mol. The molecule has 1 aliphatic heterocycles. The van der Waals surface area contributed by atoms with Gasteiger partial charge in [-0.2, -0.15) is 0 Å². The van der Waals surface area contributed by atoms with Crippen LogP contribution in [0.2, 0.25) is 0 Å². The second-order valence-corrected chi connectivity index (χ2v) is 7.58. The van der Waals surface area contributed by atoms with E-state index in [1.165, 1.54) is 0 Å². The predicted molar refractivity (Wildman–Crippen MR) is 80.4 cm³/mol. The Kier molecular flexibility index (Phi) is 5.05. The molecule has 2 rings (SSSR count). The highest BCUT2D eigenvalue weighted by Gasteiger charge is 2.26. The van der Waals surface area contributed by atoms with Gasteiger partial charge in [-0.3, -0.25) is 0 Å². The third-order valence-electron chi connectivity index (χ3n) is 3.90. The third kappa shape index (κ3) is 3.73. The number of piperidine rings is 1. The van der Waals surface area contributed by atoms with E-state index in [9.17, 15) is 8.42 Å². The molecule has 1 fully saturated rings. The number of para-hydroxylation sites is 1. The van der Waals surface area contributed by atoms with Gasteiger partial charge in [0.2, 0.25) is 10.0 Å². The molecule has 0 atom stereocenters. The summed E-state index contributed by atoms with van der Waals surface area (Å²) in [7, 11) is -3.03. The molecule has 0 aromatic heterocycles. The van der Waals surface area contributed by atoms with Gasteiger partial charge < -0.3 is 4.74 Å². The lowest BCUT2D eigenvalue weighted by molar-refractivity contribution is 0.185. The largest absolute Gasteiger partial charge is 0.493 e. The number of sulfonamides is 1. The highest BCUT2D eigenvalue weighted by atomic mass is 32.2. The lowest BCUT2D eigenvalue weighted by Gasteiger charge is -2.30. The van der Waals surface area contributed by atoms with Crippen molar-refractivity contribution in [3.63, 3.8) is 0 Å². The Balaban J connectivity index is 1.82. The van der Waals surface area contributed by atoms with E-state index in [2.05, 4.69) is 0 Å². The van der Waals surface area contributed by atoms with Crippen molar-refractivity contribution in [1.29, 1.82) is 0 Å². The molecule has 0 amide bonds. The maximum absolute atomic E-state index is 11.8. The number of hydrogen-bond donors (Lipinski definition) is 0. The van der Waals surface area contributed by atoms with Crippen molar-refractivity contribution in [2.75, 3.05) is 25.4 Å². The first-order chi connectivity index (χ1) is 9.53. The molecule has 1 aromatic carbocycles. The molecule has 0 radical (unpaired) electrons. The standard InChI is InChI=1S/C15H23NO3S/c1-3-20(17,18)16-10-8-14(9-11-16)12-19-15-7-5-4-6-13(15)2/h4-7,14H,3,8-12H2,1-2H3. The van der Waals surface area contributed by atoms with E-state index in [0.717, 1.165) is 24.2 Å². The topological polar surface area (TPSA) is 46.6 Å². The Morgan fingerprint density at radius 2 is 1.90 bits per heavy atom. The molecular weight excluding hydrogens is 274 g/mol. The zero-order chi connectivity index (χ0) is 14.6. The van der Waals surface area contributed by atoms with Crippen molar-refractivity contribution in [2.45, 2.75) is 26.7 Å². The van der Waals surface area contributed by atoms with Crippen molar-refractivity contribution >= 4 is 10.0 Å². The average molecular weight is 297 g/mol. The van der Waals surface area contributed by atoms with Crippen molar-refractivity contribution < 1.29 is 13.2 Å². The summed E-state index contributed by atoms with van der Waals surface area (Å²) >= 11 is 0. The lowest BCUT2D eigenvalue weighted by atomic mass is 9.99. The molecule has 1 aliphatic rings. The summed E-state index contributed by atoms with van der Waals surface area (Å²) < 4.78 is 31.0. The molecule has 1 aromatic rings. The minimum absolute atomic E-state index is 0.192. The van der Waals surface area contributed by atoms with E-state index in [0.29, 0.717) is 25.6 Å². The number of hydrogen-bond acceptors (Lipinski definition) is 3. The second kappa shape index (κ2) is 6.59. The molecule has 0 unspecified atom stereocenters. The van der Waals surface area contributed by atoms with Crippen LogP contribution in [0.1, 0.15) is 25.3 Å². The highest BCUT2D eigenvalue weighted by Crippen LogP contribution is 2.22. The molecule has 0 spiro atoms. The fourth-order valence-electron chi connectivity index (χ4n) is 2.46. The first kappa shape index (κ1) is 15.3. The molecule has 5 heteroatoms. The minimum atomic E-state index is -3.03. The van der Waals surface area contributed by atoms with Crippen LogP contribution < -0.4 is 4.74 Å². The summed E-state index contributed by atoms with van der Waals surface area (Å²) in [6.07, 6.45) is 1.76. The van der Waals surface area contributed by atoms with Crippen LogP contribution in [0.5, 0.6) is 5.75 Å². The molecule has 0 aliphatic carbocycles. The van der Waals surface area contributed by atoms with Gasteiger partial charge in [0.25, 0.3) is 0 Å². The van der Waals surface area contributed by atoms with Crippen LogP contribution in [0, 0.1) is 12.8 Å². The van der Waals surface area contributed by atoms with Gasteiger partial charge in [0.15, 0.2) is 0 Å². The smallest absolute Gasteiger partial charge is 0.213 e. The molecule has 0 saturated carbocycles. The first-order valence-corrected chi connectivity index (χ1v) is 8.80. The van der Waals surface area contributed by atoms with E-state index >= 15 is 0 Å². The van der Waals surface area contributed by atoms with Crippen LogP contribution in [-0.2, 0) is 10.0 Å². The van der Waals surface area contributed by atoms with Crippen LogP contribution in [0.25, 0.3) is 0 Å². The zero-order valence-corrected chi connectivity index (χ0v) is 13.0. The molecule has 4 nitrogen and oxygen atoms in total. The van der Waals surface area contributed by atoms with Crippen LogP contribution in [-0.4, -0.2) is 38.2 Å². The Bertz CT molecular complexity index is 534. The maximum Gasteiger partial charge on any atom is 0.213 e. The lowest BCUT2D eigenvalue weighted by Crippen LogP contribution is -2.40. The van der Waals surface area contributed by atoms with Crippen molar-refractivity contribution in [2.24, 2.45) is 5.92 Å². The Labute approximate surface area is 121 Å². The number of rotatable bonds is 5. The second-order valence-electron chi connectivity index (χ2n) is 5.32. The quantitative estimate of drug-likeness (QED) is 0.838. The number of benzene rings is 1. The van der Waals surface area contributed by atoms with Crippen LogP contribution >= 0.6 is 0 Å². The van der Waals surface area contributed by atoms with Gasteiger partial charge in [0.1, 0.15) is 5.75 Å². The van der Waals surface area contributed by atoms with E-state index in [-0.39, 0.29) is 5.75 Å². The van der Waals surface area contributed by atoms with Gasteiger partial charge in [-0.25, -0.2) is 12.7 Å². The number of ether oxygens (including phenoxy) is 1. The molecule has 112 valence electrons. The van der Waals surface area contributed by atoms with E-state index in [1.54, 1.807) is 11.2 Å². The molecule has 1 heterocycles. The third-order valence-corrected chi connectivity index (χ3v) is 5.78. The molecule has 1 saturated heterocycles. The van der Waals surface area contributed by atoms with Gasteiger partial charge >= 0.3 is 0 Å². The first-order valence-electron chi connectivity index (χ1n) is 7.19. The zero-order valence-electron chi connectivity index (χ0n) is 12.2. The van der Waals surface area contributed by atoms with E-state index in [1.807, 2.05) is 31.2 Å². The summed E-state index contributed by atoms with van der Waals surface area (Å²) in [5.41, 5.74) is 1.14. The normalized spacial score (nSPS) is 18.1. The van der Waals surface area contributed by atoms with Crippen LogP contribution in [0.3, 0.4) is 0 Å². The molecule has 20 heavy (non-hydrogen) atoms.